The number of carboxylic acid groups (broad SMARTS) is 1. The Bertz CT molecular complexity index is 422. The van der Waals surface area contributed by atoms with E-state index in [1.54, 1.807) is 6.07 Å². The number of fused-ring (bicyclic) bond motifs is 1. The summed E-state index contributed by atoms with van der Waals surface area (Å²) in [6.07, 6.45) is 0.309. The smallest absolute Gasteiger partial charge is 0.321 e. The highest BCUT2D eigenvalue weighted by molar-refractivity contribution is 9.10. The summed E-state index contributed by atoms with van der Waals surface area (Å²) in [7, 11) is 0. The van der Waals surface area contributed by atoms with Crippen molar-refractivity contribution >= 4 is 21.9 Å². The van der Waals surface area contributed by atoms with Crippen LogP contribution in [0.5, 0.6) is 0 Å². The Morgan fingerprint density at radius 3 is 2.93 bits per heavy atom. The van der Waals surface area contributed by atoms with Gasteiger partial charge in [-0.05, 0) is 24.1 Å². The van der Waals surface area contributed by atoms with Crippen LogP contribution in [0.25, 0.3) is 0 Å². The van der Waals surface area contributed by atoms with Crippen LogP contribution in [-0.4, -0.2) is 17.1 Å². The van der Waals surface area contributed by atoms with Crippen molar-refractivity contribution in [2.24, 2.45) is 0 Å². The molecule has 80 valence electrons. The number of aliphatic carboxylic acids is 1. The molecule has 0 amide bonds. The predicted octanol–water partition coefficient (Wildman–Crippen LogP) is 1.69. The molecule has 1 aliphatic heterocycles. The first-order chi connectivity index (χ1) is 7.09. The second-order valence-electron chi connectivity index (χ2n) is 3.46. The summed E-state index contributed by atoms with van der Waals surface area (Å²) < 4.78 is 14.1. The number of rotatable bonds is 1. The van der Waals surface area contributed by atoms with Crippen LogP contribution in [0.15, 0.2) is 16.6 Å². The summed E-state index contributed by atoms with van der Waals surface area (Å²) >= 11 is 3.31. The van der Waals surface area contributed by atoms with Gasteiger partial charge in [0, 0.05) is 16.6 Å². The minimum atomic E-state index is -0.906. The van der Waals surface area contributed by atoms with Crippen molar-refractivity contribution in [2.75, 3.05) is 0 Å². The topological polar surface area (TPSA) is 49.3 Å². The lowest BCUT2D eigenvalue weighted by molar-refractivity contribution is -0.139. The molecule has 1 heterocycles. The summed E-state index contributed by atoms with van der Waals surface area (Å²) in [5, 5.41) is 11.6. The van der Waals surface area contributed by atoms with Gasteiger partial charge in [-0.1, -0.05) is 15.9 Å². The van der Waals surface area contributed by atoms with Crippen molar-refractivity contribution in [3.63, 3.8) is 0 Å². The average Bonchev–Trinajstić information content (AvgIpc) is 2.23. The maximum atomic E-state index is 13.4. The molecule has 2 N–H and O–H groups in total. The van der Waals surface area contributed by atoms with Gasteiger partial charge in [-0.3, -0.25) is 10.1 Å². The second-order valence-corrected chi connectivity index (χ2v) is 4.32. The molecule has 0 saturated heterocycles. The molecule has 0 saturated carbocycles. The van der Waals surface area contributed by atoms with Crippen LogP contribution in [0.1, 0.15) is 11.1 Å². The molecule has 1 atom stereocenters. The molecule has 1 unspecified atom stereocenters. The highest BCUT2D eigenvalue weighted by atomic mass is 79.9. The van der Waals surface area contributed by atoms with Gasteiger partial charge >= 0.3 is 5.97 Å². The molecule has 1 aromatic rings. The Balaban J connectivity index is 2.41. The van der Waals surface area contributed by atoms with E-state index in [1.807, 2.05) is 0 Å². The molecular weight excluding hydrogens is 265 g/mol. The molecule has 0 fully saturated rings. The van der Waals surface area contributed by atoms with E-state index < -0.39 is 12.0 Å². The molecule has 0 aliphatic carbocycles. The monoisotopic (exact) mass is 273 g/mol. The molecule has 5 heteroatoms. The van der Waals surface area contributed by atoms with Crippen LogP contribution in [-0.2, 0) is 17.8 Å². The lowest BCUT2D eigenvalue weighted by Crippen LogP contribution is -2.42. The van der Waals surface area contributed by atoms with E-state index in [1.165, 1.54) is 6.07 Å². The molecule has 0 aromatic heterocycles. The number of carboxylic acids is 1. The Morgan fingerprint density at radius 2 is 2.27 bits per heavy atom. The minimum absolute atomic E-state index is 0.261. The number of hydrogen-bond donors (Lipinski definition) is 2. The molecule has 3 nitrogen and oxygen atoms in total. The van der Waals surface area contributed by atoms with Gasteiger partial charge in [-0.2, -0.15) is 0 Å². The minimum Gasteiger partial charge on any atom is -0.480 e. The van der Waals surface area contributed by atoms with Gasteiger partial charge < -0.3 is 5.11 Å². The third-order valence-corrected chi connectivity index (χ3v) is 3.29. The van der Waals surface area contributed by atoms with Crippen LogP contribution in [0.3, 0.4) is 0 Å². The number of hydrogen-bond acceptors (Lipinski definition) is 2. The maximum absolute atomic E-state index is 13.4. The van der Waals surface area contributed by atoms with E-state index in [0.717, 1.165) is 10.0 Å². The van der Waals surface area contributed by atoms with E-state index in [4.69, 9.17) is 5.11 Å². The van der Waals surface area contributed by atoms with Gasteiger partial charge in [0.25, 0.3) is 0 Å². The molecule has 0 bridgehead atoms. The van der Waals surface area contributed by atoms with Gasteiger partial charge in [0.1, 0.15) is 11.9 Å². The molecule has 1 aliphatic rings. The largest absolute Gasteiger partial charge is 0.480 e. The predicted molar refractivity (Wildman–Crippen MR) is 56.1 cm³/mol. The number of carbonyl (C=O) groups is 1. The lowest BCUT2D eigenvalue weighted by atomic mass is 9.95. The van der Waals surface area contributed by atoms with Gasteiger partial charge in [-0.15, -0.1) is 0 Å². The van der Waals surface area contributed by atoms with Gasteiger partial charge in [0.15, 0.2) is 0 Å². The molecule has 0 spiro atoms. The van der Waals surface area contributed by atoms with Crippen molar-refractivity contribution < 1.29 is 14.3 Å². The molecule has 1 aromatic carbocycles. The average molecular weight is 274 g/mol. The van der Waals surface area contributed by atoms with Crippen LogP contribution in [0.4, 0.5) is 4.39 Å². The lowest BCUT2D eigenvalue weighted by Gasteiger charge is -2.24. The van der Waals surface area contributed by atoms with Crippen molar-refractivity contribution in [1.29, 1.82) is 0 Å². The Morgan fingerprint density at radius 1 is 1.53 bits per heavy atom. The van der Waals surface area contributed by atoms with E-state index >= 15 is 0 Å². The van der Waals surface area contributed by atoms with Crippen molar-refractivity contribution in [1.82, 2.24) is 5.32 Å². The van der Waals surface area contributed by atoms with Crippen molar-refractivity contribution in [3.05, 3.63) is 33.5 Å². The van der Waals surface area contributed by atoms with Crippen LogP contribution >= 0.6 is 15.9 Å². The first kappa shape index (κ1) is 10.6. The van der Waals surface area contributed by atoms with Gasteiger partial charge in [0.2, 0.25) is 0 Å². The first-order valence-corrected chi connectivity index (χ1v) is 5.31. The van der Waals surface area contributed by atoms with Crippen molar-refractivity contribution in [2.45, 2.75) is 19.0 Å². The summed E-state index contributed by atoms with van der Waals surface area (Å²) in [4.78, 5) is 10.8. The fourth-order valence-corrected chi connectivity index (χ4v) is 2.26. The Labute approximate surface area is 94.4 Å². The van der Waals surface area contributed by atoms with Gasteiger partial charge in [0.05, 0.1) is 0 Å². The van der Waals surface area contributed by atoms with Crippen LogP contribution < -0.4 is 5.32 Å². The summed E-state index contributed by atoms with van der Waals surface area (Å²) in [6.45, 7) is 0.261. The van der Waals surface area contributed by atoms with Gasteiger partial charge in [-0.25, -0.2) is 4.39 Å². The molecule has 2 rings (SSSR count). The molecular formula is C10H9BrFNO2. The Hall–Kier alpha value is -0.940. The zero-order chi connectivity index (χ0) is 11.0. The quantitative estimate of drug-likeness (QED) is 0.819. The van der Waals surface area contributed by atoms with Crippen LogP contribution in [0, 0.1) is 5.82 Å². The SMILES string of the molecule is O=C(O)C1Cc2c(Br)ccc(F)c2CN1. The normalized spacial score (nSPS) is 19.7. The third-order valence-electron chi connectivity index (χ3n) is 2.55. The van der Waals surface area contributed by atoms with E-state index in [9.17, 15) is 9.18 Å². The third kappa shape index (κ3) is 1.89. The first-order valence-electron chi connectivity index (χ1n) is 4.51. The molecule has 0 radical (unpaired) electrons. The number of nitrogens with one attached hydrogen (secondary N) is 1. The zero-order valence-electron chi connectivity index (χ0n) is 7.76. The second kappa shape index (κ2) is 3.90. The fraction of sp³-hybridized carbons (Fsp3) is 0.300. The van der Waals surface area contributed by atoms with Crippen molar-refractivity contribution in [3.8, 4) is 0 Å². The van der Waals surface area contributed by atoms with E-state index in [-0.39, 0.29) is 12.4 Å². The number of halogens is 2. The highest BCUT2D eigenvalue weighted by Crippen LogP contribution is 2.27. The number of benzene rings is 1. The zero-order valence-corrected chi connectivity index (χ0v) is 9.34. The fourth-order valence-electron chi connectivity index (χ4n) is 1.72. The van der Waals surface area contributed by atoms with E-state index in [0.29, 0.717) is 12.0 Å². The van der Waals surface area contributed by atoms with Crippen LogP contribution in [0.2, 0.25) is 0 Å². The summed E-state index contributed by atoms with van der Waals surface area (Å²) in [6, 6.07) is 2.36. The summed E-state index contributed by atoms with van der Waals surface area (Å²) in [5.41, 5.74) is 1.31. The standard InChI is InChI=1S/C10H9BrFNO2/c11-7-1-2-8(12)6-4-13-9(10(14)15)3-5(6)7/h1-2,9,13H,3-4H2,(H,14,15). The maximum Gasteiger partial charge on any atom is 0.321 e. The highest BCUT2D eigenvalue weighted by Gasteiger charge is 2.26. The Kier molecular flexibility index (Phi) is 2.75. The van der Waals surface area contributed by atoms with E-state index in [2.05, 4.69) is 21.2 Å². The summed E-state index contributed by atoms with van der Waals surface area (Å²) in [5.74, 6) is -1.19. The molecule has 15 heavy (non-hydrogen) atoms.